The van der Waals surface area contributed by atoms with E-state index in [2.05, 4.69) is 246 Å². The fourth-order valence-electron chi connectivity index (χ4n) is 16.5. The van der Waals surface area contributed by atoms with Crippen LogP contribution in [0.4, 0.5) is 22.7 Å². The molecule has 0 amide bonds. The maximum Gasteiger partial charge on any atom is 0.252 e. The van der Waals surface area contributed by atoms with Crippen molar-refractivity contribution in [2.24, 2.45) is 0 Å². The Kier molecular flexibility index (Phi) is 9.32. The van der Waals surface area contributed by atoms with Gasteiger partial charge >= 0.3 is 0 Å². The molecule has 6 aliphatic rings. The van der Waals surface area contributed by atoms with Crippen molar-refractivity contribution in [2.45, 2.75) is 186 Å². The number of aromatic nitrogens is 1. The molecule has 4 aliphatic heterocycles. The van der Waals surface area contributed by atoms with E-state index >= 15 is 0 Å². The van der Waals surface area contributed by atoms with E-state index < -0.39 is 0 Å². The predicted molar refractivity (Wildman–Crippen MR) is 321 cm³/mol. The van der Waals surface area contributed by atoms with Crippen molar-refractivity contribution in [2.75, 3.05) is 9.80 Å². The van der Waals surface area contributed by atoms with E-state index in [4.69, 9.17) is 0 Å². The first-order valence-corrected chi connectivity index (χ1v) is 28.7. The molecule has 5 heterocycles. The van der Waals surface area contributed by atoms with Crippen LogP contribution in [-0.2, 0) is 44.4 Å². The minimum atomic E-state index is -0.363. The average Bonchev–Trinajstić information content (AvgIpc) is 3.97. The summed E-state index contributed by atoms with van der Waals surface area (Å²) in [5.41, 5.74) is 26.0. The first-order valence-electron chi connectivity index (χ1n) is 28.7. The quantitative estimate of drug-likeness (QED) is 0.160. The fraction of sp³-hybridized carbons (Fsp3) is 0.408. The lowest BCUT2D eigenvalue weighted by Crippen LogP contribution is -2.64. The Hall–Kier alpha value is -6.00. The second-order valence-electron chi connectivity index (χ2n) is 29.0. The summed E-state index contributed by atoms with van der Waals surface area (Å²) in [5.74, 6) is 0. The maximum absolute atomic E-state index is 2.99. The van der Waals surface area contributed by atoms with Gasteiger partial charge in [0.1, 0.15) is 0 Å². The number of hydrogen-bond acceptors (Lipinski definition) is 2. The SMILES string of the molecule is CC(C)(C)c1ccc2c(c1)C1(C)CCc3ccccc3C1(C)N2c1cc2c3c(c1)-n1c4ccc(C(C)(C)C)cc4c4cc(C(C)(C)C)cc(c41)B3c1cc(C(C)(C)C)cc3c1N2C1(C)CCCCC31c1ccccc1. The zero-order valence-electron chi connectivity index (χ0n) is 47.8. The monoisotopic (exact) mass is 984 g/mol. The van der Waals surface area contributed by atoms with Crippen LogP contribution < -0.4 is 26.2 Å². The standard InChI is InChI=1S/C71H78BN3/c1-64(2,3)45-27-29-57-50(35-45)51-36-47(66(7,8)9)39-55-62(51)73(57)59-41-49(74-58-30-28-46(65(4,5)6)37-53(58)68(13)34-31-43-23-19-20-26-52(43)70(68,74)15)42-60-61(59)72(55)56-40-48(67(10,11)12)38-54-63(56)75(60)69(14)32-21-22-33-71(54,69)44-24-17-16-18-25-44/h16-20,23-30,35-42H,21-22,31-34H2,1-15H3. The molecule has 7 aromatic carbocycles. The number of nitrogens with zero attached hydrogens (tertiary/aromatic N) is 3. The summed E-state index contributed by atoms with van der Waals surface area (Å²) in [6, 6.07) is 52.4. The molecule has 380 valence electrons. The van der Waals surface area contributed by atoms with E-state index in [1.54, 1.807) is 5.56 Å². The number of benzene rings is 7. The minimum Gasteiger partial charge on any atom is -0.335 e. The Morgan fingerprint density at radius 3 is 1.80 bits per heavy atom. The van der Waals surface area contributed by atoms with Crippen LogP contribution in [0.15, 0.2) is 127 Å². The summed E-state index contributed by atoms with van der Waals surface area (Å²) < 4.78 is 2.76. The molecule has 0 spiro atoms. The summed E-state index contributed by atoms with van der Waals surface area (Å²) in [6.07, 6.45) is 6.84. The summed E-state index contributed by atoms with van der Waals surface area (Å²) in [5, 5.41) is 2.74. The van der Waals surface area contributed by atoms with Crippen molar-refractivity contribution in [1.82, 2.24) is 4.57 Å². The van der Waals surface area contributed by atoms with E-state index in [9.17, 15) is 0 Å². The summed E-state index contributed by atoms with van der Waals surface area (Å²) in [7, 11) is 0. The lowest BCUT2D eigenvalue weighted by molar-refractivity contribution is 0.215. The third-order valence-corrected chi connectivity index (χ3v) is 20.9. The van der Waals surface area contributed by atoms with Gasteiger partial charge in [0.15, 0.2) is 0 Å². The Bertz CT molecular complexity index is 3790. The molecule has 14 rings (SSSR count). The molecule has 0 bridgehead atoms. The zero-order valence-corrected chi connectivity index (χ0v) is 47.8. The van der Waals surface area contributed by atoms with Crippen LogP contribution in [-0.4, -0.2) is 16.8 Å². The number of fused-ring (bicyclic) bond motifs is 15. The van der Waals surface area contributed by atoms with Gasteiger partial charge in [-0.2, -0.15) is 0 Å². The zero-order chi connectivity index (χ0) is 52.5. The van der Waals surface area contributed by atoms with E-state index in [1.807, 2.05) is 0 Å². The molecule has 1 aromatic heterocycles. The van der Waals surface area contributed by atoms with Crippen molar-refractivity contribution >= 4 is 67.7 Å². The van der Waals surface area contributed by atoms with Crippen LogP contribution >= 0.6 is 0 Å². The molecule has 2 aliphatic carbocycles. The van der Waals surface area contributed by atoms with E-state index in [0.29, 0.717) is 0 Å². The van der Waals surface area contributed by atoms with Crippen molar-refractivity contribution in [1.29, 1.82) is 0 Å². The van der Waals surface area contributed by atoms with Gasteiger partial charge in [-0.15, -0.1) is 0 Å². The van der Waals surface area contributed by atoms with Gasteiger partial charge in [0.25, 0.3) is 6.71 Å². The Balaban J connectivity index is 1.18. The highest BCUT2D eigenvalue weighted by molar-refractivity contribution is 7.00. The molecular formula is C71H78BN3. The minimum absolute atomic E-state index is 0.00222. The Labute approximate surface area is 448 Å². The van der Waals surface area contributed by atoms with E-state index in [0.717, 1.165) is 25.7 Å². The number of hydrogen-bond donors (Lipinski definition) is 0. The second-order valence-corrected chi connectivity index (χ2v) is 29.0. The highest BCUT2D eigenvalue weighted by atomic mass is 15.3. The molecule has 4 atom stereocenters. The molecule has 0 N–H and O–H groups in total. The van der Waals surface area contributed by atoms with Crippen molar-refractivity contribution in [3.8, 4) is 5.69 Å². The first-order chi connectivity index (χ1) is 35.3. The first kappa shape index (κ1) is 47.5. The highest BCUT2D eigenvalue weighted by Gasteiger charge is 2.65. The van der Waals surface area contributed by atoms with Crippen LogP contribution in [0.2, 0.25) is 0 Å². The normalized spacial score (nSPS) is 24.3. The topological polar surface area (TPSA) is 11.4 Å². The van der Waals surface area contributed by atoms with Crippen LogP contribution in [0, 0.1) is 0 Å². The lowest BCUT2D eigenvalue weighted by atomic mass is 9.33. The highest BCUT2D eigenvalue weighted by Crippen LogP contribution is 2.67. The van der Waals surface area contributed by atoms with Crippen molar-refractivity contribution in [3.05, 3.63) is 177 Å². The van der Waals surface area contributed by atoms with Gasteiger partial charge in [-0.05, 0) is 164 Å². The van der Waals surface area contributed by atoms with Crippen LogP contribution in [0.5, 0.6) is 0 Å². The van der Waals surface area contributed by atoms with Crippen molar-refractivity contribution in [3.63, 3.8) is 0 Å². The summed E-state index contributed by atoms with van der Waals surface area (Å²) in [6.45, 7) is 36.8. The number of aryl methyl sites for hydroxylation is 1. The van der Waals surface area contributed by atoms with Gasteiger partial charge in [0, 0.05) is 55.6 Å². The lowest BCUT2D eigenvalue weighted by Gasteiger charge is -2.54. The molecule has 0 saturated heterocycles. The van der Waals surface area contributed by atoms with Gasteiger partial charge in [-0.25, -0.2) is 0 Å². The molecule has 4 unspecified atom stereocenters. The largest absolute Gasteiger partial charge is 0.335 e. The summed E-state index contributed by atoms with van der Waals surface area (Å²) in [4.78, 5) is 5.85. The number of anilines is 4. The molecule has 1 fully saturated rings. The van der Waals surface area contributed by atoms with E-state index in [-0.39, 0.29) is 50.3 Å². The molecule has 4 heteroatoms. The fourth-order valence-corrected chi connectivity index (χ4v) is 16.5. The van der Waals surface area contributed by atoms with Crippen LogP contribution in [0.1, 0.15) is 186 Å². The van der Waals surface area contributed by atoms with Gasteiger partial charge in [-0.3, -0.25) is 0 Å². The van der Waals surface area contributed by atoms with Crippen LogP contribution in [0.25, 0.3) is 27.5 Å². The molecule has 0 radical (unpaired) electrons. The van der Waals surface area contributed by atoms with Gasteiger partial charge in [0.2, 0.25) is 0 Å². The maximum atomic E-state index is 2.99. The molecule has 1 saturated carbocycles. The van der Waals surface area contributed by atoms with Crippen molar-refractivity contribution < 1.29 is 0 Å². The average molecular weight is 984 g/mol. The summed E-state index contributed by atoms with van der Waals surface area (Å²) >= 11 is 0. The van der Waals surface area contributed by atoms with Crippen LogP contribution in [0.3, 0.4) is 0 Å². The molecule has 75 heavy (non-hydrogen) atoms. The predicted octanol–water partition coefficient (Wildman–Crippen LogP) is 16.2. The van der Waals surface area contributed by atoms with E-state index in [1.165, 1.54) is 124 Å². The third kappa shape index (κ3) is 5.90. The van der Waals surface area contributed by atoms with Gasteiger partial charge in [0.05, 0.1) is 16.6 Å². The number of rotatable bonds is 2. The third-order valence-electron chi connectivity index (χ3n) is 20.9. The van der Waals surface area contributed by atoms with Gasteiger partial charge < -0.3 is 14.4 Å². The smallest absolute Gasteiger partial charge is 0.252 e. The molecule has 8 aromatic rings. The Morgan fingerprint density at radius 1 is 0.480 bits per heavy atom. The second kappa shape index (κ2) is 14.7. The Morgan fingerprint density at radius 2 is 1.08 bits per heavy atom. The molecular weight excluding hydrogens is 906 g/mol. The van der Waals surface area contributed by atoms with Gasteiger partial charge in [-0.1, -0.05) is 194 Å². The molecule has 3 nitrogen and oxygen atoms in total.